The Morgan fingerprint density at radius 3 is 2.82 bits per heavy atom. The molecule has 0 saturated carbocycles. The van der Waals surface area contributed by atoms with Crippen molar-refractivity contribution < 1.29 is 0 Å². The maximum absolute atomic E-state index is 5.89. The molecule has 0 aliphatic carbocycles. The molecule has 0 unspecified atom stereocenters. The molecule has 0 aromatic carbocycles. The van der Waals surface area contributed by atoms with Gasteiger partial charge >= 0.3 is 0 Å². The molecule has 2 aromatic rings. The molecule has 1 aliphatic rings. The van der Waals surface area contributed by atoms with Crippen molar-refractivity contribution in [3.05, 3.63) is 22.8 Å². The summed E-state index contributed by atoms with van der Waals surface area (Å²) in [6.45, 7) is 1.89. The summed E-state index contributed by atoms with van der Waals surface area (Å²) >= 11 is 3.43. The lowest BCUT2D eigenvalue weighted by molar-refractivity contribution is 0.495. The minimum atomic E-state index is 0.331. The zero-order valence-electron chi connectivity index (χ0n) is 9.38. The molecule has 3 heterocycles. The maximum atomic E-state index is 5.89. The number of rotatable bonds is 1. The third-order valence-corrected chi connectivity index (χ3v) is 3.58. The van der Waals surface area contributed by atoms with Crippen LogP contribution < -0.4 is 10.6 Å². The van der Waals surface area contributed by atoms with E-state index in [1.54, 1.807) is 4.52 Å². The van der Waals surface area contributed by atoms with Crippen molar-refractivity contribution in [1.29, 1.82) is 0 Å². The van der Waals surface area contributed by atoms with E-state index in [4.69, 9.17) is 5.73 Å². The Bertz CT molecular complexity index is 530. The molecule has 0 atom stereocenters. The van der Waals surface area contributed by atoms with Gasteiger partial charge in [-0.1, -0.05) is 0 Å². The van der Waals surface area contributed by atoms with E-state index in [-0.39, 0.29) is 0 Å². The molecular formula is C11H14BrN5. The monoisotopic (exact) mass is 295 g/mol. The van der Waals surface area contributed by atoms with Gasteiger partial charge in [0.25, 0.3) is 0 Å². The number of nitrogens with two attached hydrogens (primary N) is 1. The molecule has 6 heteroatoms. The molecule has 2 N–H and O–H groups in total. The van der Waals surface area contributed by atoms with Gasteiger partial charge < -0.3 is 10.6 Å². The molecule has 90 valence electrons. The van der Waals surface area contributed by atoms with Crippen molar-refractivity contribution in [2.45, 2.75) is 18.9 Å². The van der Waals surface area contributed by atoms with E-state index in [0.29, 0.717) is 6.04 Å². The van der Waals surface area contributed by atoms with Gasteiger partial charge in [0.15, 0.2) is 5.65 Å². The van der Waals surface area contributed by atoms with Crippen LogP contribution in [0.3, 0.4) is 0 Å². The zero-order chi connectivity index (χ0) is 11.8. The minimum absolute atomic E-state index is 0.331. The minimum Gasteiger partial charge on any atom is -0.339 e. The predicted molar refractivity (Wildman–Crippen MR) is 70.1 cm³/mol. The van der Waals surface area contributed by atoms with Crippen molar-refractivity contribution in [1.82, 2.24) is 14.6 Å². The van der Waals surface area contributed by atoms with Crippen LogP contribution in [0.15, 0.2) is 22.8 Å². The molecule has 3 rings (SSSR count). The van der Waals surface area contributed by atoms with Crippen molar-refractivity contribution in [3.8, 4) is 0 Å². The summed E-state index contributed by atoms with van der Waals surface area (Å²) in [6.07, 6.45) is 3.94. The molecule has 2 aromatic heterocycles. The van der Waals surface area contributed by atoms with Gasteiger partial charge in [0.05, 0.1) is 0 Å². The Hall–Kier alpha value is -1.14. The van der Waals surface area contributed by atoms with Crippen LogP contribution in [-0.2, 0) is 0 Å². The number of nitrogens with zero attached hydrogens (tertiary/aromatic N) is 4. The fourth-order valence-electron chi connectivity index (χ4n) is 2.08. The van der Waals surface area contributed by atoms with Gasteiger partial charge in [-0.2, -0.15) is 4.98 Å². The third kappa shape index (κ3) is 2.14. The number of piperidine rings is 1. The lowest BCUT2D eigenvalue weighted by atomic mass is 10.1. The maximum Gasteiger partial charge on any atom is 0.245 e. The summed E-state index contributed by atoms with van der Waals surface area (Å²) in [5, 5.41) is 4.48. The van der Waals surface area contributed by atoms with Gasteiger partial charge in [-0.3, -0.25) is 0 Å². The van der Waals surface area contributed by atoms with Gasteiger partial charge in [0, 0.05) is 29.8 Å². The van der Waals surface area contributed by atoms with Gasteiger partial charge in [-0.15, -0.1) is 5.10 Å². The first kappa shape index (κ1) is 11.0. The summed E-state index contributed by atoms with van der Waals surface area (Å²) in [7, 11) is 0. The highest BCUT2D eigenvalue weighted by molar-refractivity contribution is 9.10. The first-order valence-corrected chi connectivity index (χ1v) is 6.54. The normalized spacial score (nSPS) is 17.9. The van der Waals surface area contributed by atoms with Crippen LogP contribution in [0.4, 0.5) is 5.95 Å². The number of hydrogen-bond acceptors (Lipinski definition) is 4. The van der Waals surface area contributed by atoms with E-state index >= 15 is 0 Å². The topological polar surface area (TPSA) is 59.5 Å². The van der Waals surface area contributed by atoms with Crippen LogP contribution in [0.1, 0.15) is 12.8 Å². The fraction of sp³-hybridized carbons (Fsp3) is 0.455. The van der Waals surface area contributed by atoms with Crippen molar-refractivity contribution in [2.75, 3.05) is 18.0 Å². The molecule has 1 saturated heterocycles. The van der Waals surface area contributed by atoms with Crippen molar-refractivity contribution in [3.63, 3.8) is 0 Å². The summed E-state index contributed by atoms with van der Waals surface area (Å²) in [4.78, 5) is 6.72. The summed E-state index contributed by atoms with van der Waals surface area (Å²) in [5.41, 5.74) is 6.76. The SMILES string of the molecule is NC1CCN(c2nc3ccc(Br)cn3n2)CC1. The number of aromatic nitrogens is 3. The van der Waals surface area contributed by atoms with Gasteiger partial charge in [0.1, 0.15) is 0 Å². The van der Waals surface area contributed by atoms with Crippen LogP contribution >= 0.6 is 15.9 Å². The lowest BCUT2D eigenvalue weighted by Crippen LogP contribution is -2.40. The number of fused-ring (bicyclic) bond motifs is 1. The summed E-state index contributed by atoms with van der Waals surface area (Å²) in [6, 6.07) is 4.26. The standard InChI is InChI=1S/C11H14BrN5/c12-8-1-2-10-14-11(15-17(10)7-8)16-5-3-9(13)4-6-16/h1-2,7,9H,3-6,13H2. The highest BCUT2D eigenvalue weighted by Gasteiger charge is 2.19. The average Bonchev–Trinajstić information content (AvgIpc) is 2.72. The molecule has 17 heavy (non-hydrogen) atoms. The predicted octanol–water partition coefficient (Wildman–Crippen LogP) is 1.42. The molecule has 1 fully saturated rings. The molecule has 5 nitrogen and oxygen atoms in total. The molecule has 0 bridgehead atoms. The highest BCUT2D eigenvalue weighted by Crippen LogP contribution is 2.18. The zero-order valence-corrected chi connectivity index (χ0v) is 11.0. The molecular weight excluding hydrogens is 282 g/mol. The Balaban J connectivity index is 1.90. The van der Waals surface area contributed by atoms with E-state index in [1.807, 2.05) is 18.3 Å². The second kappa shape index (κ2) is 4.27. The van der Waals surface area contributed by atoms with Crippen LogP contribution in [-0.4, -0.2) is 33.7 Å². The second-order valence-electron chi connectivity index (χ2n) is 4.39. The summed E-state index contributed by atoms with van der Waals surface area (Å²) < 4.78 is 2.80. The first-order chi connectivity index (χ1) is 8.22. The summed E-state index contributed by atoms with van der Waals surface area (Å²) in [5.74, 6) is 0.801. The van der Waals surface area contributed by atoms with Crippen LogP contribution in [0.25, 0.3) is 5.65 Å². The van der Waals surface area contributed by atoms with E-state index in [2.05, 4.69) is 30.9 Å². The van der Waals surface area contributed by atoms with Gasteiger partial charge in [-0.05, 0) is 40.9 Å². The smallest absolute Gasteiger partial charge is 0.245 e. The molecule has 0 radical (unpaired) electrons. The van der Waals surface area contributed by atoms with Crippen molar-refractivity contribution >= 4 is 27.5 Å². The first-order valence-electron chi connectivity index (χ1n) is 5.75. The van der Waals surface area contributed by atoms with Crippen LogP contribution in [0.5, 0.6) is 0 Å². The van der Waals surface area contributed by atoms with Crippen LogP contribution in [0, 0.1) is 0 Å². The number of pyridine rings is 1. The molecule has 1 aliphatic heterocycles. The largest absolute Gasteiger partial charge is 0.339 e. The lowest BCUT2D eigenvalue weighted by Gasteiger charge is -2.28. The quantitative estimate of drug-likeness (QED) is 0.864. The molecule has 0 spiro atoms. The number of hydrogen-bond donors (Lipinski definition) is 1. The van der Waals surface area contributed by atoms with Crippen LogP contribution in [0.2, 0.25) is 0 Å². The second-order valence-corrected chi connectivity index (χ2v) is 5.30. The third-order valence-electron chi connectivity index (χ3n) is 3.11. The van der Waals surface area contributed by atoms with E-state index in [0.717, 1.165) is 42.0 Å². The van der Waals surface area contributed by atoms with E-state index in [9.17, 15) is 0 Å². The van der Waals surface area contributed by atoms with E-state index in [1.165, 1.54) is 0 Å². The number of anilines is 1. The Labute approximate surface area is 108 Å². The van der Waals surface area contributed by atoms with Crippen molar-refractivity contribution in [2.24, 2.45) is 5.73 Å². The van der Waals surface area contributed by atoms with E-state index < -0.39 is 0 Å². The van der Waals surface area contributed by atoms with Gasteiger partial charge in [0.2, 0.25) is 5.95 Å². The average molecular weight is 296 g/mol. The molecule has 0 amide bonds. The fourth-order valence-corrected chi connectivity index (χ4v) is 2.41. The Kier molecular flexibility index (Phi) is 2.76. The Morgan fingerprint density at radius 1 is 1.29 bits per heavy atom. The number of halogens is 1. The highest BCUT2D eigenvalue weighted by atomic mass is 79.9. The Morgan fingerprint density at radius 2 is 2.06 bits per heavy atom. The van der Waals surface area contributed by atoms with Gasteiger partial charge in [-0.25, -0.2) is 4.52 Å².